The number of alkyl carbamates (subject to hydrolysis) is 4. The molecule has 0 bridgehead atoms. The molecule has 3 aromatic rings. The zero-order valence-electron chi connectivity index (χ0n) is 70.3. The normalized spacial score (nSPS) is 19.7. The Labute approximate surface area is 688 Å². The van der Waals surface area contributed by atoms with Crippen molar-refractivity contribution in [2.75, 3.05) is 39.3 Å². The zero-order valence-corrected chi connectivity index (χ0v) is 70.3. The second-order valence-electron chi connectivity index (χ2n) is 32.9. The molecule has 0 spiro atoms. The Morgan fingerprint density at radius 2 is 0.881 bits per heavy atom. The molecule has 2 unspecified atom stereocenters. The molecule has 37 heteroatoms. The van der Waals surface area contributed by atoms with Gasteiger partial charge in [0.05, 0.1) is 18.6 Å². The van der Waals surface area contributed by atoms with Crippen LogP contribution in [-0.4, -0.2) is 234 Å². The summed E-state index contributed by atoms with van der Waals surface area (Å²) >= 11 is 0. The monoisotopic (exact) mass is 1660 g/mol. The summed E-state index contributed by atoms with van der Waals surface area (Å²) < 4.78 is 27.2. The average molecular weight is 1660 g/mol. The van der Waals surface area contributed by atoms with Crippen LogP contribution in [0.1, 0.15) is 167 Å². The van der Waals surface area contributed by atoms with Crippen LogP contribution in [0.15, 0.2) is 84.9 Å². The smallest absolute Gasteiger partial charge is 0.407 e. The molecule has 1 heterocycles. The summed E-state index contributed by atoms with van der Waals surface area (Å²) in [6.07, 6.45) is -12.5. The molecule has 4 rings (SSSR count). The van der Waals surface area contributed by atoms with Gasteiger partial charge < -0.3 is 114 Å². The second kappa shape index (κ2) is 47.3. The van der Waals surface area contributed by atoms with E-state index in [4.69, 9.17) is 29.4 Å². The maximum absolute atomic E-state index is 15.4. The lowest BCUT2D eigenvalue weighted by molar-refractivity contribution is -0.156. The Morgan fingerprint density at radius 3 is 1.33 bits per heavy atom. The van der Waals surface area contributed by atoms with Crippen LogP contribution in [0, 0.1) is 5.92 Å². The highest BCUT2D eigenvalue weighted by molar-refractivity contribution is 5.99. The van der Waals surface area contributed by atoms with Crippen LogP contribution in [0.3, 0.4) is 0 Å². The van der Waals surface area contributed by atoms with Crippen molar-refractivity contribution < 1.29 is 106 Å². The lowest BCUT2D eigenvalue weighted by Crippen LogP contribution is -2.62. The molecule has 14 amide bonds. The molecular formula is C81H123N15O22. The lowest BCUT2D eigenvalue weighted by atomic mass is 10.00. The number of hydrogen-bond acceptors (Lipinski definition) is 23. The van der Waals surface area contributed by atoms with Crippen molar-refractivity contribution in [1.29, 1.82) is 0 Å². The summed E-state index contributed by atoms with van der Waals surface area (Å²) in [5, 5.41) is 57.8. The molecule has 1 aliphatic rings. The van der Waals surface area contributed by atoms with E-state index < -0.39 is 236 Å². The maximum Gasteiger partial charge on any atom is 0.407 e. The van der Waals surface area contributed by atoms with Crippen molar-refractivity contribution in [1.82, 2.24) is 74.4 Å². The van der Waals surface area contributed by atoms with Gasteiger partial charge in [0.25, 0.3) is 5.91 Å². The number of hydrogen-bond donors (Lipinski definition) is 17. The van der Waals surface area contributed by atoms with Gasteiger partial charge in [0.1, 0.15) is 76.8 Å². The van der Waals surface area contributed by atoms with Gasteiger partial charge in [0, 0.05) is 45.6 Å². The number of nitrogens with two attached hydrogens (primary N) is 1. The van der Waals surface area contributed by atoms with Gasteiger partial charge in [0.15, 0.2) is 6.10 Å². The molecule has 18 N–H and O–H groups in total. The third kappa shape index (κ3) is 38.3. The first-order valence-corrected chi connectivity index (χ1v) is 39.4. The molecule has 12 atom stereocenters. The fraction of sp³-hybridized carbons (Fsp3) is 0.593. The van der Waals surface area contributed by atoms with Gasteiger partial charge in [-0.05, 0) is 170 Å². The van der Waals surface area contributed by atoms with E-state index in [1.807, 2.05) is 30.3 Å². The standard InChI is InChI=1S/C81H123N15O22/c1-46(2)43-58-69(105)91-54(33-39-84-74(110)115-78(5,6)7)65(101)90-57(36-42-87-77(113)118-81(14,15)16)68(104)95-62(47(3)97)72(108)83-38-32-53(64(100)89-55(34-40-85-75(111)116-79(8,9)10)67(103)94-59(70(106)93-58)44-49-23-19-17-20-24-49)88-66(102)56(35-41-86-76(112)117-80(11,12)13)92-73(109)63(48(4)98)96-71(107)60(31-37-82)114-61(99)45-50-27-29-52(30-28-50)51-25-21-18-22-26-51/h17-30,46-48,53-60,62-63,97-98H,31-45,82H2,1-16H3,(H,83,108)(H,84,110)(H,85,111)(H,86,112)(H,87,113)(H,88,102)(H,89,100)(H,90,101)(H,91,105)(H,92,109)(H,93,106)(H,94,103)(H,95,104)(H,96,107)/t47?,48?,53-,54-,55-,56-,57-,58-,59+,60-,62-,63-/m0/s1. The fourth-order valence-corrected chi connectivity index (χ4v) is 11.5. The van der Waals surface area contributed by atoms with Crippen LogP contribution in [0.25, 0.3) is 11.1 Å². The third-order valence-corrected chi connectivity index (χ3v) is 17.1. The first kappa shape index (κ1) is 99.2. The topological polar surface area (TPSA) is 537 Å². The van der Waals surface area contributed by atoms with E-state index in [2.05, 4.69) is 74.4 Å². The number of nitrogens with one attached hydrogen (secondary N) is 14. The molecule has 118 heavy (non-hydrogen) atoms. The van der Waals surface area contributed by atoms with E-state index in [0.29, 0.717) is 11.1 Å². The molecule has 1 aliphatic heterocycles. The fourth-order valence-electron chi connectivity index (χ4n) is 11.5. The number of amides is 14. The van der Waals surface area contributed by atoms with Gasteiger partial charge in [-0.15, -0.1) is 0 Å². The molecule has 0 aromatic heterocycles. The Balaban J connectivity index is 1.91. The number of carbonyl (C=O) groups is 15. The number of carbonyl (C=O) groups excluding carboxylic acids is 15. The van der Waals surface area contributed by atoms with Crippen molar-refractivity contribution in [3.63, 3.8) is 0 Å². The highest BCUT2D eigenvalue weighted by Gasteiger charge is 2.39. The number of esters is 1. The minimum absolute atomic E-state index is 0.121. The predicted octanol–water partition coefficient (Wildman–Crippen LogP) is 1.75. The van der Waals surface area contributed by atoms with E-state index in [9.17, 15) is 63.0 Å². The van der Waals surface area contributed by atoms with Crippen LogP contribution in [0.5, 0.6) is 0 Å². The van der Waals surface area contributed by atoms with E-state index in [-0.39, 0.29) is 51.2 Å². The Kier molecular flexibility index (Phi) is 39.7. The van der Waals surface area contributed by atoms with Gasteiger partial charge in [-0.1, -0.05) is 98.8 Å². The summed E-state index contributed by atoms with van der Waals surface area (Å²) in [6.45, 7) is 22.3. The van der Waals surface area contributed by atoms with Crippen LogP contribution < -0.4 is 80.2 Å². The minimum Gasteiger partial charge on any atom is -0.452 e. The minimum atomic E-state index is -1.94. The molecule has 1 saturated heterocycles. The van der Waals surface area contributed by atoms with Crippen LogP contribution >= 0.6 is 0 Å². The van der Waals surface area contributed by atoms with Crippen molar-refractivity contribution in [2.45, 2.75) is 264 Å². The number of aliphatic hydroxyl groups excluding tert-OH is 2. The summed E-state index contributed by atoms with van der Waals surface area (Å²) in [6, 6.07) is 8.70. The van der Waals surface area contributed by atoms with Gasteiger partial charge in [0.2, 0.25) is 53.2 Å². The quantitative estimate of drug-likeness (QED) is 0.0334. The van der Waals surface area contributed by atoms with Crippen LogP contribution in [-0.2, 0) is 89.3 Å². The number of ether oxygens (including phenoxy) is 5. The van der Waals surface area contributed by atoms with Gasteiger partial charge in [-0.2, -0.15) is 0 Å². The average Bonchev–Trinajstić information content (AvgIpc) is 0.979. The molecule has 0 saturated carbocycles. The van der Waals surface area contributed by atoms with Crippen molar-refractivity contribution >= 4 is 89.4 Å². The van der Waals surface area contributed by atoms with E-state index >= 15 is 19.2 Å². The lowest BCUT2D eigenvalue weighted by Gasteiger charge is -2.29. The molecule has 654 valence electrons. The van der Waals surface area contributed by atoms with Crippen molar-refractivity contribution in [3.8, 4) is 11.1 Å². The summed E-state index contributed by atoms with van der Waals surface area (Å²) in [5.41, 5.74) is 4.65. The second-order valence-corrected chi connectivity index (χ2v) is 32.9. The molecular weight excluding hydrogens is 1530 g/mol. The van der Waals surface area contributed by atoms with Crippen molar-refractivity contribution in [2.24, 2.45) is 11.7 Å². The molecule has 3 aromatic carbocycles. The number of aliphatic hydroxyl groups is 2. The van der Waals surface area contributed by atoms with E-state index in [1.165, 1.54) is 0 Å². The van der Waals surface area contributed by atoms with Crippen LogP contribution in [0.4, 0.5) is 19.2 Å². The van der Waals surface area contributed by atoms with E-state index in [0.717, 1.165) is 25.0 Å². The van der Waals surface area contributed by atoms with Crippen molar-refractivity contribution in [3.05, 3.63) is 96.1 Å². The SMILES string of the molecule is CC(C)C[C@@H]1NC(=O)[C@@H](Cc2ccccc2)NC(=O)[C@H](CCNC(=O)OC(C)(C)C)NC(=O)[C@@H](NC(=O)[C@H](CCNC(=O)OC(C)(C)C)NC(=O)[C@@H](NC(=O)[C@H](CCN)OC(=O)Cc2ccc(-c3ccccc3)cc2)C(C)O)CCNC(=O)[C@H](C(C)O)NC(=O)[C@H](CCNC(=O)OC(C)(C)C)NC(=O)[C@H](CCNC(=O)OC(C)(C)C)NC1=O. The van der Waals surface area contributed by atoms with Crippen LogP contribution in [0.2, 0.25) is 0 Å². The maximum atomic E-state index is 15.4. The molecule has 0 aliphatic carbocycles. The molecule has 0 radical (unpaired) electrons. The highest BCUT2D eigenvalue weighted by atomic mass is 16.6. The first-order chi connectivity index (χ1) is 55.1. The Morgan fingerprint density at radius 1 is 0.466 bits per heavy atom. The summed E-state index contributed by atoms with van der Waals surface area (Å²) in [7, 11) is 0. The largest absolute Gasteiger partial charge is 0.452 e. The zero-order chi connectivity index (χ0) is 88.4. The summed E-state index contributed by atoms with van der Waals surface area (Å²) in [4.78, 5) is 214. The predicted molar refractivity (Wildman–Crippen MR) is 433 cm³/mol. The molecule has 37 nitrogen and oxygen atoms in total. The summed E-state index contributed by atoms with van der Waals surface area (Å²) in [5.74, 6) is -12.4. The number of benzene rings is 3. The Hall–Kier alpha value is -11.2. The highest BCUT2D eigenvalue weighted by Crippen LogP contribution is 2.21. The van der Waals surface area contributed by atoms with Gasteiger partial charge in [-0.3, -0.25) is 52.7 Å². The number of rotatable bonds is 30. The van der Waals surface area contributed by atoms with Gasteiger partial charge in [-0.25, -0.2) is 19.2 Å². The first-order valence-electron chi connectivity index (χ1n) is 39.4. The van der Waals surface area contributed by atoms with Gasteiger partial charge >= 0.3 is 30.3 Å². The Bertz CT molecular complexity index is 3860. The third-order valence-electron chi connectivity index (χ3n) is 17.1. The van der Waals surface area contributed by atoms with E-state index in [1.54, 1.807) is 152 Å². The molecule has 1 fully saturated rings.